The zero-order valence-corrected chi connectivity index (χ0v) is 13.0. The van der Waals surface area contributed by atoms with Crippen LogP contribution in [0.25, 0.3) is 0 Å². The number of benzene rings is 1. The largest absolute Gasteiger partial charge is 0.350 e. The first-order valence-electron chi connectivity index (χ1n) is 6.94. The van der Waals surface area contributed by atoms with Crippen LogP contribution in [0.1, 0.15) is 30.0 Å². The van der Waals surface area contributed by atoms with Crippen LogP contribution in [0.3, 0.4) is 0 Å². The van der Waals surface area contributed by atoms with Gasteiger partial charge in [-0.1, -0.05) is 29.3 Å². The molecule has 0 bridgehead atoms. The highest BCUT2D eigenvalue weighted by Gasteiger charge is 2.31. The van der Waals surface area contributed by atoms with Gasteiger partial charge in [-0.3, -0.25) is 0 Å². The van der Waals surface area contributed by atoms with E-state index in [1.165, 1.54) is 18.4 Å². The molecule has 0 radical (unpaired) electrons. The SMILES string of the molecule is CNC(c1ccn(Cc2ccc(Cl)cc2Cl)c1)C1CC1. The van der Waals surface area contributed by atoms with Crippen molar-refractivity contribution >= 4 is 23.2 Å². The van der Waals surface area contributed by atoms with Crippen LogP contribution in [-0.4, -0.2) is 11.6 Å². The Bertz CT molecular complexity index is 602. The summed E-state index contributed by atoms with van der Waals surface area (Å²) in [5.74, 6) is 0.801. The zero-order valence-electron chi connectivity index (χ0n) is 11.4. The third kappa shape index (κ3) is 3.03. The number of nitrogens with zero attached hydrogens (tertiary/aromatic N) is 1. The third-order valence-corrected chi connectivity index (χ3v) is 4.49. The van der Waals surface area contributed by atoms with Crippen LogP contribution in [0, 0.1) is 5.92 Å². The average molecular weight is 309 g/mol. The van der Waals surface area contributed by atoms with Gasteiger partial charge < -0.3 is 9.88 Å². The topological polar surface area (TPSA) is 17.0 Å². The lowest BCUT2D eigenvalue weighted by molar-refractivity contribution is 0.528. The summed E-state index contributed by atoms with van der Waals surface area (Å²) in [5, 5.41) is 4.82. The summed E-state index contributed by atoms with van der Waals surface area (Å²) in [4.78, 5) is 0. The molecule has 1 aliphatic rings. The van der Waals surface area contributed by atoms with Crippen LogP contribution in [0.4, 0.5) is 0 Å². The summed E-state index contributed by atoms with van der Waals surface area (Å²) in [6.45, 7) is 0.775. The molecule has 1 heterocycles. The van der Waals surface area contributed by atoms with Gasteiger partial charge in [0.2, 0.25) is 0 Å². The predicted octanol–water partition coefficient (Wildman–Crippen LogP) is 4.51. The molecule has 1 atom stereocenters. The highest BCUT2D eigenvalue weighted by Crippen LogP contribution is 2.40. The molecule has 1 aromatic heterocycles. The lowest BCUT2D eigenvalue weighted by Crippen LogP contribution is -2.17. The van der Waals surface area contributed by atoms with E-state index in [0.717, 1.165) is 23.0 Å². The van der Waals surface area contributed by atoms with Gasteiger partial charge in [0, 0.05) is 35.0 Å². The molecule has 3 rings (SSSR count). The summed E-state index contributed by atoms with van der Waals surface area (Å²) in [6.07, 6.45) is 7.00. The first kappa shape index (κ1) is 14.0. The van der Waals surface area contributed by atoms with Gasteiger partial charge >= 0.3 is 0 Å². The molecule has 0 saturated heterocycles. The fraction of sp³-hybridized carbons (Fsp3) is 0.375. The minimum Gasteiger partial charge on any atom is -0.350 e. The Morgan fingerprint density at radius 1 is 1.30 bits per heavy atom. The maximum Gasteiger partial charge on any atom is 0.0485 e. The Hall–Kier alpha value is -0.960. The Balaban J connectivity index is 1.76. The van der Waals surface area contributed by atoms with Crippen molar-refractivity contribution in [2.45, 2.75) is 25.4 Å². The van der Waals surface area contributed by atoms with Gasteiger partial charge in [0.25, 0.3) is 0 Å². The molecular weight excluding hydrogens is 291 g/mol. The minimum atomic E-state index is 0.483. The summed E-state index contributed by atoms with van der Waals surface area (Å²) in [5.41, 5.74) is 2.45. The third-order valence-electron chi connectivity index (χ3n) is 3.90. The fourth-order valence-corrected chi connectivity index (χ4v) is 3.16. The second-order valence-corrected chi connectivity index (χ2v) is 6.30. The molecule has 4 heteroatoms. The first-order valence-corrected chi connectivity index (χ1v) is 7.70. The van der Waals surface area contributed by atoms with E-state index in [-0.39, 0.29) is 0 Å². The van der Waals surface area contributed by atoms with Crippen molar-refractivity contribution in [3.8, 4) is 0 Å². The molecule has 1 saturated carbocycles. The molecule has 0 aliphatic heterocycles. The van der Waals surface area contributed by atoms with Crippen LogP contribution in [0.2, 0.25) is 10.0 Å². The van der Waals surface area contributed by atoms with Crippen molar-refractivity contribution in [3.05, 3.63) is 57.8 Å². The van der Waals surface area contributed by atoms with Crippen LogP contribution < -0.4 is 5.32 Å². The maximum absolute atomic E-state index is 6.23. The Morgan fingerprint density at radius 2 is 2.10 bits per heavy atom. The number of hydrogen-bond donors (Lipinski definition) is 1. The quantitative estimate of drug-likeness (QED) is 0.859. The summed E-state index contributed by atoms with van der Waals surface area (Å²) in [7, 11) is 2.04. The van der Waals surface area contributed by atoms with Gasteiger partial charge in [0.15, 0.2) is 0 Å². The van der Waals surface area contributed by atoms with Crippen molar-refractivity contribution in [1.82, 2.24) is 9.88 Å². The maximum atomic E-state index is 6.23. The van der Waals surface area contributed by atoms with E-state index >= 15 is 0 Å². The molecule has 1 unspecified atom stereocenters. The molecule has 0 amide bonds. The standard InChI is InChI=1S/C16H18Cl2N2/c1-19-16(11-2-3-11)13-6-7-20(10-13)9-12-4-5-14(17)8-15(12)18/h4-8,10-11,16,19H,2-3,9H2,1H3. The van der Waals surface area contributed by atoms with Gasteiger partial charge in [0.05, 0.1) is 0 Å². The Morgan fingerprint density at radius 3 is 2.75 bits per heavy atom. The Kier molecular flexibility index (Phi) is 4.06. The summed E-state index contributed by atoms with van der Waals surface area (Å²) < 4.78 is 2.18. The van der Waals surface area contributed by atoms with Crippen LogP contribution in [-0.2, 0) is 6.54 Å². The van der Waals surface area contributed by atoms with Gasteiger partial charge in [-0.2, -0.15) is 0 Å². The van der Waals surface area contributed by atoms with Crippen molar-refractivity contribution in [3.63, 3.8) is 0 Å². The number of aromatic nitrogens is 1. The van der Waals surface area contributed by atoms with Crippen LogP contribution in [0.15, 0.2) is 36.7 Å². The van der Waals surface area contributed by atoms with Crippen molar-refractivity contribution in [2.24, 2.45) is 5.92 Å². The summed E-state index contributed by atoms with van der Waals surface area (Å²) >= 11 is 12.2. The first-order chi connectivity index (χ1) is 9.67. The second-order valence-electron chi connectivity index (χ2n) is 5.46. The predicted molar refractivity (Wildman–Crippen MR) is 84.5 cm³/mol. The van der Waals surface area contributed by atoms with Gasteiger partial charge in [-0.15, -0.1) is 0 Å². The molecular formula is C16H18Cl2N2. The molecule has 106 valence electrons. The van der Waals surface area contributed by atoms with Gasteiger partial charge in [0.1, 0.15) is 0 Å². The molecule has 2 aromatic rings. The van der Waals surface area contributed by atoms with Gasteiger partial charge in [-0.25, -0.2) is 0 Å². The molecule has 0 spiro atoms. The molecule has 1 aromatic carbocycles. The smallest absolute Gasteiger partial charge is 0.0485 e. The van der Waals surface area contributed by atoms with Crippen LogP contribution in [0.5, 0.6) is 0 Å². The van der Waals surface area contributed by atoms with E-state index in [0.29, 0.717) is 11.1 Å². The van der Waals surface area contributed by atoms with Crippen molar-refractivity contribution in [2.75, 3.05) is 7.05 Å². The zero-order chi connectivity index (χ0) is 14.1. The molecule has 1 fully saturated rings. The van der Waals surface area contributed by atoms with E-state index in [1.807, 2.05) is 19.2 Å². The lowest BCUT2D eigenvalue weighted by Gasteiger charge is -2.13. The molecule has 1 N–H and O–H groups in total. The minimum absolute atomic E-state index is 0.483. The van der Waals surface area contributed by atoms with Crippen LogP contribution >= 0.6 is 23.2 Å². The lowest BCUT2D eigenvalue weighted by atomic mass is 10.1. The van der Waals surface area contributed by atoms with E-state index in [1.54, 1.807) is 6.07 Å². The highest BCUT2D eigenvalue weighted by molar-refractivity contribution is 6.35. The van der Waals surface area contributed by atoms with Crippen molar-refractivity contribution < 1.29 is 0 Å². The second kappa shape index (κ2) is 5.80. The number of halogens is 2. The Labute approximate surface area is 129 Å². The van der Waals surface area contributed by atoms with E-state index in [2.05, 4.69) is 28.3 Å². The molecule has 1 aliphatic carbocycles. The normalized spacial score (nSPS) is 16.4. The number of rotatable bonds is 5. The van der Waals surface area contributed by atoms with E-state index in [9.17, 15) is 0 Å². The monoisotopic (exact) mass is 308 g/mol. The summed E-state index contributed by atoms with van der Waals surface area (Å²) in [6, 6.07) is 8.35. The highest BCUT2D eigenvalue weighted by atomic mass is 35.5. The molecule has 2 nitrogen and oxygen atoms in total. The van der Waals surface area contributed by atoms with E-state index in [4.69, 9.17) is 23.2 Å². The van der Waals surface area contributed by atoms with Gasteiger partial charge in [-0.05, 0) is 55.1 Å². The van der Waals surface area contributed by atoms with E-state index < -0.39 is 0 Å². The average Bonchev–Trinajstić information content (AvgIpc) is 3.14. The number of nitrogens with one attached hydrogen (secondary N) is 1. The van der Waals surface area contributed by atoms with Crippen molar-refractivity contribution in [1.29, 1.82) is 0 Å². The number of hydrogen-bond acceptors (Lipinski definition) is 1. The molecule has 20 heavy (non-hydrogen) atoms. The fourth-order valence-electron chi connectivity index (χ4n) is 2.69.